The average Bonchev–Trinajstić information content (AvgIpc) is 3.66. The molecule has 214 valence electrons. The standard InChI is InChI=1S/C29H36FN5O4S/c1-27(2,3)40(39)34-28(12-11-18-7-8-18,20-6-4-5-19(13-20)16-31)21-9-10-24(30)23(14-21)29(25(32)37)15-22(36)17-35(29)26(33)38/h4-6,9-10,13-14,18,22,34,36H,7-8,11-12,15,17H2,1-3H3,(H2,32,37)(H2,33,38)/t22?,28?,29?,40-/m1/s1. The SMILES string of the molecule is CC(C)(C)[S@@+]([O-])NC(CCC1CC1)(c1cccc(C#N)c1)c1ccc(F)c(C2(C(N)=O)CC(O)CN2C(N)=O)c1. The first-order chi connectivity index (χ1) is 18.7. The Labute approximate surface area is 237 Å². The van der Waals surface area contributed by atoms with Crippen molar-refractivity contribution in [3.8, 4) is 6.07 Å². The average molecular weight is 570 g/mol. The van der Waals surface area contributed by atoms with Crippen molar-refractivity contribution in [1.82, 2.24) is 9.62 Å². The molecule has 3 unspecified atom stereocenters. The number of nitriles is 1. The summed E-state index contributed by atoms with van der Waals surface area (Å²) in [6.45, 7) is 5.20. The number of nitrogens with two attached hydrogens (primary N) is 2. The van der Waals surface area contributed by atoms with Crippen molar-refractivity contribution in [1.29, 1.82) is 5.26 Å². The predicted molar refractivity (Wildman–Crippen MR) is 149 cm³/mol. The molecule has 1 aliphatic carbocycles. The van der Waals surface area contributed by atoms with Crippen molar-refractivity contribution in [3.05, 3.63) is 70.5 Å². The fraction of sp³-hybridized carbons (Fsp3) is 0.483. The quantitative estimate of drug-likeness (QED) is 0.339. The fourth-order valence-electron chi connectivity index (χ4n) is 5.51. The number of likely N-dealkylation sites (tertiary alicyclic amines) is 1. The number of rotatable bonds is 9. The number of β-amino-alcohol motifs (C(OH)–C–C–N with tert-alkyl or cyclic N) is 1. The van der Waals surface area contributed by atoms with Gasteiger partial charge in [0.05, 0.1) is 17.7 Å². The Morgan fingerprint density at radius 1 is 1.23 bits per heavy atom. The third-order valence-corrected chi connectivity index (χ3v) is 9.54. The summed E-state index contributed by atoms with van der Waals surface area (Å²) in [6, 6.07) is 12.2. The van der Waals surface area contributed by atoms with Gasteiger partial charge in [-0.1, -0.05) is 31.0 Å². The minimum absolute atomic E-state index is 0.205. The second-order valence-corrected chi connectivity index (χ2v) is 13.8. The lowest BCUT2D eigenvalue weighted by Crippen LogP contribution is -2.56. The van der Waals surface area contributed by atoms with E-state index in [-0.39, 0.29) is 18.5 Å². The fourth-order valence-corrected chi connectivity index (χ4v) is 6.47. The molecule has 2 aliphatic rings. The van der Waals surface area contributed by atoms with Crippen molar-refractivity contribution in [2.75, 3.05) is 6.54 Å². The molecular weight excluding hydrogens is 533 g/mol. The second-order valence-electron chi connectivity index (χ2n) is 11.8. The maximum Gasteiger partial charge on any atom is 0.316 e. The zero-order valence-electron chi connectivity index (χ0n) is 22.9. The van der Waals surface area contributed by atoms with Crippen LogP contribution in [-0.4, -0.2) is 43.9 Å². The molecule has 2 aromatic carbocycles. The number of urea groups is 1. The van der Waals surface area contributed by atoms with Gasteiger partial charge >= 0.3 is 6.03 Å². The molecule has 11 heteroatoms. The highest BCUT2D eigenvalue weighted by molar-refractivity contribution is 7.90. The third-order valence-electron chi connectivity index (χ3n) is 7.90. The van der Waals surface area contributed by atoms with Crippen LogP contribution in [-0.2, 0) is 27.2 Å². The number of nitrogens with zero attached hydrogens (tertiary/aromatic N) is 2. The Bertz CT molecular complexity index is 1340. The van der Waals surface area contributed by atoms with Crippen LogP contribution >= 0.6 is 0 Å². The number of nitrogens with one attached hydrogen (secondary N) is 1. The molecule has 0 aromatic heterocycles. The van der Waals surface area contributed by atoms with Crippen LogP contribution in [0.25, 0.3) is 0 Å². The van der Waals surface area contributed by atoms with Crippen molar-refractivity contribution in [2.24, 2.45) is 17.4 Å². The topological polar surface area (TPSA) is 169 Å². The maximum absolute atomic E-state index is 15.7. The molecule has 3 amide bonds. The van der Waals surface area contributed by atoms with E-state index in [4.69, 9.17) is 11.5 Å². The molecule has 0 spiro atoms. The van der Waals surface area contributed by atoms with Crippen molar-refractivity contribution >= 4 is 23.3 Å². The first kappa shape index (κ1) is 29.8. The van der Waals surface area contributed by atoms with E-state index in [0.29, 0.717) is 29.0 Å². The van der Waals surface area contributed by atoms with Gasteiger partial charge in [0.25, 0.3) is 0 Å². The monoisotopic (exact) mass is 569 g/mol. The first-order valence-corrected chi connectivity index (χ1v) is 14.5. The number of hydrogen-bond donors (Lipinski definition) is 4. The summed E-state index contributed by atoms with van der Waals surface area (Å²) in [5.41, 5.74) is 9.51. The number of aliphatic hydroxyl groups is 1. The van der Waals surface area contributed by atoms with Gasteiger partial charge in [-0.15, -0.1) is 4.72 Å². The molecular formula is C29H36FN5O4S. The van der Waals surface area contributed by atoms with Crippen LogP contribution in [0.4, 0.5) is 9.18 Å². The van der Waals surface area contributed by atoms with Crippen molar-refractivity contribution in [2.45, 2.75) is 74.8 Å². The smallest absolute Gasteiger partial charge is 0.316 e. The predicted octanol–water partition coefficient (Wildman–Crippen LogP) is 3.01. The Kier molecular flexibility index (Phi) is 8.20. The minimum atomic E-state index is -2.02. The number of primary amides is 2. The van der Waals surface area contributed by atoms with Crippen LogP contribution in [0.3, 0.4) is 0 Å². The molecule has 1 heterocycles. The Morgan fingerprint density at radius 2 is 1.90 bits per heavy atom. The number of amides is 3. The summed E-state index contributed by atoms with van der Waals surface area (Å²) in [6.07, 6.45) is 1.90. The Balaban J connectivity index is 2.00. The van der Waals surface area contributed by atoms with E-state index in [1.54, 1.807) is 24.3 Å². The minimum Gasteiger partial charge on any atom is -0.598 e. The lowest BCUT2D eigenvalue weighted by Gasteiger charge is -2.40. The molecule has 9 nitrogen and oxygen atoms in total. The highest BCUT2D eigenvalue weighted by Gasteiger charge is 2.55. The third kappa shape index (κ3) is 5.54. The lowest BCUT2D eigenvalue weighted by molar-refractivity contribution is -0.128. The van der Waals surface area contributed by atoms with E-state index in [0.717, 1.165) is 24.2 Å². The van der Waals surface area contributed by atoms with E-state index in [1.165, 1.54) is 12.1 Å². The Morgan fingerprint density at radius 3 is 2.48 bits per heavy atom. The summed E-state index contributed by atoms with van der Waals surface area (Å²) in [4.78, 5) is 26.3. The molecule has 0 radical (unpaired) electrons. The van der Waals surface area contributed by atoms with Gasteiger partial charge in [0.2, 0.25) is 5.91 Å². The molecule has 4 rings (SSSR count). The summed E-state index contributed by atoms with van der Waals surface area (Å²) in [7, 11) is 0. The summed E-state index contributed by atoms with van der Waals surface area (Å²) in [5.74, 6) is -1.35. The van der Waals surface area contributed by atoms with Gasteiger partial charge in [0.1, 0.15) is 16.1 Å². The molecule has 1 saturated carbocycles. The largest absolute Gasteiger partial charge is 0.598 e. The maximum atomic E-state index is 15.7. The van der Waals surface area contributed by atoms with Crippen LogP contribution in [0.2, 0.25) is 0 Å². The zero-order valence-corrected chi connectivity index (χ0v) is 23.8. The van der Waals surface area contributed by atoms with Gasteiger partial charge in [0, 0.05) is 29.9 Å². The molecule has 6 N–H and O–H groups in total. The lowest BCUT2D eigenvalue weighted by atomic mass is 9.76. The van der Waals surface area contributed by atoms with Crippen molar-refractivity contribution < 1.29 is 23.6 Å². The molecule has 0 bridgehead atoms. The second kappa shape index (κ2) is 11.0. The van der Waals surface area contributed by atoms with Crippen LogP contribution in [0, 0.1) is 23.1 Å². The molecule has 2 fully saturated rings. The van der Waals surface area contributed by atoms with Crippen LogP contribution in [0.15, 0.2) is 42.5 Å². The number of carbonyl (C=O) groups excluding carboxylic acids is 2. The van der Waals surface area contributed by atoms with Gasteiger partial charge in [-0.25, -0.2) is 9.18 Å². The molecule has 2 aromatic rings. The number of halogens is 1. The number of carbonyl (C=O) groups is 2. The molecule has 40 heavy (non-hydrogen) atoms. The Hall–Kier alpha value is -3.17. The van der Waals surface area contributed by atoms with Crippen LogP contribution in [0.1, 0.15) is 75.1 Å². The zero-order chi connectivity index (χ0) is 29.5. The van der Waals surface area contributed by atoms with E-state index in [2.05, 4.69) is 10.8 Å². The van der Waals surface area contributed by atoms with Gasteiger partial charge in [0.15, 0.2) is 5.54 Å². The highest BCUT2D eigenvalue weighted by atomic mass is 32.2. The first-order valence-electron chi connectivity index (χ1n) is 13.3. The summed E-state index contributed by atoms with van der Waals surface area (Å²) in [5, 5.41) is 20.1. The van der Waals surface area contributed by atoms with Gasteiger partial charge in [-0.2, -0.15) is 5.26 Å². The van der Waals surface area contributed by atoms with E-state index in [1.807, 2.05) is 26.8 Å². The molecule has 1 saturated heterocycles. The highest BCUT2D eigenvalue weighted by Crippen LogP contribution is 2.46. The van der Waals surface area contributed by atoms with Crippen LogP contribution in [0.5, 0.6) is 0 Å². The van der Waals surface area contributed by atoms with E-state index >= 15 is 4.39 Å². The normalized spacial score (nSPS) is 23.3. The van der Waals surface area contributed by atoms with Gasteiger partial charge in [-0.3, -0.25) is 4.79 Å². The number of aliphatic hydroxyl groups excluding tert-OH is 1. The molecule has 1 aliphatic heterocycles. The summed E-state index contributed by atoms with van der Waals surface area (Å²) < 4.78 is 32.0. The van der Waals surface area contributed by atoms with Gasteiger partial charge in [-0.05, 0) is 74.9 Å². The van der Waals surface area contributed by atoms with Gasteiger partial charge < -0.3 is 26.0 Å². The van der Waals surface area contributed by atoms with Crippen molar-refractivity contribution in [3.63, 3.8) is 0 Å². The summed E-state index contributed by atoms with van der Waals surface area (Å²) >= 11 is -1.61. The van der Waals surface area contributed by atoms with E-state index < -0.39 is 51.0 Å². The van der Waals surface area contributed by atoms with E-state index in [9.17, 15) is 24.5 Å². The molecule has 4 atom stereocenters. The number of hydrogen-bond acceptors (Lipinski definition) is 6. The number of benzene rings is 2. The van der Waals surface area contributed by atoms with Crippen LogP contribution < -0.4 is 16.2 Å².